The Kier molecular flexibility index (Phi) is 5.50. The molecule has 206 valence electrons. The van der Waals surface area contributed by atoms with Crippen LogP contribution in [0.2, 0.25) is 0 Å². The van der Waals surface area contributed by atoms with E-state index in [0.29, 0.717) is 24.8 Å². The molecular formula is C29H32FN3O6. The van der Waals surface area contributed by atoms with Gasteiger partial charge in [-0.2, -0.15) is 0 Å². The first-order valence-electron chi connectivity index (χ1n) is 13.4. The molecule has 1 aliphatic heterocycles. The van der Waals surface area contributed by atoms with Crippen molar-refractivity contribution in [3.8, 4) is 0 Å². The number of nitrogens with one attached hydrogen (secondary N) is 1. The Morgan fingerprint density at radius 3 is 2.64 bits per heavy atom. The molecular weight excluding hydrogens is 505 g/mol. The summed E-state index contributed by atoms with van der Waals surface area (Å²) in [6, 6.07) is 0. The first-order valence-corrected chi connectivity index (χ1v) is 13.4. The minimum Gasteiger partial charge on any atom is -0.344 e. The largest absolute Gasteiger partial charge is 0.344 e. The number of carbonyl (C=O) groups excluding carboxylic acids is 4. The topological polar surface area (TPSA) is 125 Å². The van der Waals surface area contributed by atoms with Crippen LogP contribution >= 0.6 is 0 Å². The van der Waals surface area contributed by atoms with Crippen LogP contribution < -0.4 is 5.32 Å². The van der Waals surface area contributed by atoms with E-state index in [4.69, 9.17) is 9.47 Å². The van der Waals surface area contributed by atoms with Gasteiger partial charge in [0.05, 0.1) is 18.8 Å². The molecule has 0 bridgehead atoms. The first-order chi connectivity index (χ1) is 18.3. The monoisotopic (exact) mass is 537 g/mol. The molecule has 9 nitrogen and oxygen atoms in total. The molecule has 1 N–H and O–H groups in total. The lowest BCUT2D eigenvalue weighted by atomic mass is 9.45. The van der Waals surface area contributed by atoms with Crippen molar-refractivity contribution in [3.63, 3.8) is 0 Å². The first kappa shape index (κ1) is 26.1. The molecule has 1 amide bonds. The van der Waals surface area contributed by atoms with Gasteiger partial charge in [-0.3, -0.25) is 24.2 Å². The van der Waals surface area contributed by atoms with Gasteiger partial charge in [0, 0.05) is 35.6 Å². The van der Waals surface area contributed by atoms with Crippen molar-refractivity contribution in [1.29, 1.82) is 0 Å². The fraction of sp³-hybridized carbons (Fsp3) is 0.586. The predicted molar refractivity (Wildman–Crippen MR) is 135 cm³/mol. The number of aromatic nitrogens is 2. The second-order valence-corrected chi connectivity index (χ2v) is 12.4. The summed E-state index contributed by atoms with van der Waals surface area (Å²) >= 11 is 0. The Morgan fingerprint density at radius 2 is 1.92 bits per heavy atom. The maximum Gasteiger partial charge on any atom is 0.271 e. The minimum absolute atomic E-state index is 0.0622. The average molecular weight is 538 g/mol. The molecule has 39 heavy (non-hydrogen) atoms. The number of alkyl halides is 1. The van der Waals surface area contributed by atoms with Gasteiger partial charge >= 0.3 is 0 Å². The lowest BCUT2D eigenvalue weighted by Crippen LogP contribution is -2.69. The highest BCUT2D eigenvalue weighted by atomic mass is 19.1. The number of Topliss-reactive ketones (excluding diaryl/α,β-unsaturated/α-hetero) is 2. The maximum atomic E-state index is 17.4. The van der Waals surface area contributed by atoms with Crippen LogP contribution in [0.15, 0.2) is 42.4 Å². The van der Waals surface area contributed by atoms with Crippen molar-refractivity contribution in [1.82, 2.24) is 15.3 Å². The molecule has 2 heterocycles. The van der Waals surface area contributed by atoms with Gasteiger partial charge in [-0.25, -0.2) is 9.37 Å². The second kappa shape index (κ2) is 8.20. The quantitative estimate of drug-likeness (QED) is 0.622. The molecule has 0 spiro atoms. The molecule has 1 aromatic heterocycles. The van der Waals surface area contributed by atoms with E-state index < -0.39 is 63.3 Å². The van der Waals surface area contributed by atoms with Crippen LogP contribution in [0.5, 0.6) is 0 Å². The Morgan fingerprint density at radius 1 is 1.15 bits per heavy atom. The number of carbonyl (C=O) groups is 4. The SMILES string of the molecule is CC1(C)O[C@@H]2CC3C4CCC5=CC(=O)C=CC5(C)[C@@]4(F)C(=O)CC3(C)[C@]2(C(=O)CNC(=O)c2cnccn2)O1. The molecule has 1 saturated heterocycles. The van der Waals surface area contributed by atoms with Crippen molar-refractivity contribution < 1.29 is 33.0 Å². The summed E-state index contributed by atoms with van der Waals surface area (Å²) in [5.41, 5.74) is -5.38. The molecule has 0 radical (unpaired) electrons. The van der Waals surface area contributed by atoms with Crippen LogP contribution in [-0.4, -0.2) is 62.9 Å². The van der Waals surface area contributed by atoms with Gasteiger partial charge in [0.2, 0.25) is 0 Å². The summed E-state index contributed by atoms with van der Waals surface area (Å²) in [6.07, 6.45) is 8.71. The van der Waals surface area contributed by atoms with Gasteiger partial charge in [0.1, 0.15) is 5.69 Å². The number of halogens is 1. The van der Waals surface area contributed by atoms with E-state index in [1.165, 1.54) is 30.7 Å². The van der Waals surface area contributed by atoms with Crippen molar-refractivity contribution in [2.45, 2.75) is 76.5 Å². The summed E-state index contributed by atoms with van der Waals surface area (Å²) in [5.74, 6) is -3.99. The summed E-state index contributed by atoms with van der Waals surface area (Å²) in [7, 11) is 0. The molecule has 10 heteroatoms. The highest BCUT2D eigenvalue weighted by Gasteiger charge is 2.80. The number of ether oxygens (including phenoxy) is 2. The van der Waals surface area contributed by atoms with Gasteiger partial charge in [-0.05, 0) is 58.1 Å². The van der Waals surface area contributed by atoms with E-state index in [9.17, 15) is 19.2 Å². The average Bonchev–Trinajstić information content (AvgIpc) is 3.30. The standard InChI is InChI=1S/C29H32FN3O6/c1-25(2)38-23-12-19-18-6-5-16-11-17(34)7-8-26(16,3)28(18,30)21(35)13-27(19,4)29(23,39-25)22(36)15-33-24(37)20-14-31-9-10-32-20/h7-11,14,18-19,23H,5-6,12-13,15H2,1-4H3,(H,33,37)/t18?,19?,23-,26?,27?,28+,29-/m1/s1. The number of hydrogen-bond acceptors (Lipinski definition) is 8. The van der Waals surface area contributed by atoms with Crippen LogP contribution in [0.25, 0.3) is 0 Å². The number of rotatable bonds is 4. The predicted octanol–water partition coefficient (Wildman–Crippen LogP) is 2.85. The highest BCUT2D eigenvalue weighted by molar-refractivity contribution is 6.03. The van der Waals surface area contributed by atoms with E-state index in [0.717, 1.165) is 0 Å². The Hall–Kier alpha value is -3.11. The summed E-state index contributed by atoms with van der Waals surface area (Å²) in [6.45, 7) is 6.58. The van der Waals surface area contributed by atoms with Gasteiger partial charge in [0.25, 0.3) is 5.91 Å². The second-order valence-electron chi connectivity index (χ2n) is 12.4. The van der Waals surface area contributed by atoms with Crippen molar-refractivity contribution in [2.24, 2.45) is 22.7 Å². The lowest BCUT2D eigenvalue weighted by Gasteiger charge is -2.59. The number of ketones is 3. The van der Waals surface area contributed by atoms with Crippen molar-refractivity contribution >= 4 is 23.3 Å². The van der Waals surface area contributed by atoms with E-state index >= 15 is 4.39 Å². The maximum absolute atomic E-state index is 17.4. The number of allylic oxidation sites excluding steroid dienone is 4. The number of nitrogens with zero attached hydrogens (tertiary/aromatic N) is 2. The summed E-state index contributed by atoms with van der Waals surface area (Å²) in [4.78, 5) is 60.6. The summed E-state index contributed by atoms with van der Waals surface area (Å²) in [5, 5.41) is 2.61. The summed E-state index contributed by atoms with van der Waals surface area (Å²) < 4.78 is 30.1. The number of hydrogen-bond donors (Lipinski definition) is 1. The molecule has 5 aliphatic rings. The molecule has 7 atom stereocenters. The van der Waals surface area contributed by atoms with Gasteiger partial charge in [-0.15, -0.1) is 0 Å². The third kappa shape index (κ3) is 3.30. The smallest absolute Gasteiger partial charge is 0.271 e. The highest BCUT2D eigenvalue weighted by Crippen LogP contribution is 2.71. The van der Waals surface area contributed by atoms with E-state index in [2.05, 4.69) is 15.3 Å². The number of amides is 1. The van der Waals surface area contributed by atoms with E-state index in [-0.39, 0.29) is 24.4 Å². The molecule has 3 saturated carbocycles. The zero-order valence-corrected chi connectivity index (χ0v) is 22.5. The molecule has 6 rings (SSSR count). The van der Waals surface area contributed by atoms with Crippen LogP contribution in [-0.2, 0) is 23.9 Å². The van der Waals surface area contributed by atoms with E-state index in [1.54, 1.807) is 26.8 Å². The molecule has 4 unspecified atom stereocenters. The normalized spacial score (nSPS) is 41.7. The Bertz CT molecular complexity index is 1360. The van der Waals surface area contributed by atoms with Crippen LogP contribution in [0.4, 0.5) is 4.39 Å². The fourth-order valence-electron chi connectivity index (χ4n) is 8.34. The van der Waals surface area contributed by atoms with Crippen LogP contribution in [0.3, 0.4) is 0 Å². The zero-order chi connectivity index (χ0) is 28.0. The van der Waals surface area contributed by atoms with Crippen LogP contribution in [0.1, 0.15) is 63.9 Å². The number of fused-ring (bicyclic) bond motifs is 7. The molecule has 4 fully saturated rings. The van der Waals surface area contributed by atoms with Crippen LogP contribution in [0, 0.1) is 22.7 Å². The molecule has 1 aromatic rings. The fourth-order valence-corrected chi connectivity index (χ4v) is 8.34. The van der Waals surface area contributed by atoms with Gasteiger partial charge < -0.3 is 14.8 Å². The minimum atomic E-state index is -2.23. The zero-order valence-electron chi connectivity index (χ0n) is 22.5. The Labute approximate surface area is 225 Å². The molecule has 0 aromatic carbocycles. The Balaban J connectivity index is 1.37. The molecule has 4 aliphatic carbocycles. The van der Waals surface area contributed by atoms with Gasteiger partial charge in [0.15, 0.2) is 34.4 Å². The van der Waals surface area contributed by atoms with Crippen molar-refractivity contribution in [2.75, 3.05) is 6.54 Å². The van der Waals surface area contributed by atoms with E-state index in [1.807, 2.05) is 6.92 Å². The van der Waals surface area contributed by atoms with Gasteiger partial charge in [-0.1, -0.05) is 18.6 Å². The third-order valence-electron chi connectivity index (χ3n) is 10.0. The van der Waals surface area contributed by atoms with Crippen molar-refractivity contribution in [3.05, 3.63) is 48.1 Å². The lowest BCUT2D eigenvalue weighted by molar-refractivity contribution is -0.220. The third-order valence-corrected chi connectivity index (χ3v) is 10.0.